The van der Waals surface area contributed by atoms with E-state index in [-0.39, 0.29) is 80.4 Å². The monoisotopic (exact) mass is 1900 g/mol. The molecular weight excluding hydrogens is 1770 g/mol. The molecule has 0 spiro atoms. The standard InChI is InChI=1S/C37H40N6O4.C37H42N6O4.C37H42N4O4.C2H6/c1-8-23-19(2)29-17-34-37(26-13-14-38-43-26)22(5)30(42-34)15-27-20(3)24(9-11-35(44)46-6)32(40-27)18-33-25(10-12-36(45)47-7)21(4)28(41-33)16-31(23)39-29;1-8-24-20(2)30-18-33-25(10-9-15-39-38)21(3)28(41-33)16-29-22(4)26(11-13-36(44)46-6)34(42-29)19-35-27(12-14-37(45)47-7)23(5)31(43-35)17-32(24)40-30;1-9-11-25-21(4)28-16-29-22(5)26(12-14-36(42)44-7)34(40-29)19-35-27(13-15-37(43)45-8)23(6)31(41-35)17-32-24(10-2)20(3)30(38-32)18-33(25)39-28;1-2/h8,15-18,26,39,41H,1,9-14H2,2-7H3;8,16-19,38,40,43H,1,9-15H2,2-7H3;10,16-19,38,41H,2,9,11-15H2,1,3-8H3;1-2H3. The maximum atomic E-state index is 12.2. The topological polar surface area (TPSA) is 391 Å². The van der Waals surface area contributed by atoms with Gasteiger partial charge in [0.25, 0.3) is 0 Å². The van der Waals surface area contributed by atoms with Crippen molar-refractivity contribution in [2.75, 3.05) is 55.7 Å². The van der Waals surface area contributed by atoms with E-state index < -0.39 is 0 Å². The van der Waals surface area contributed by atoms with E-state index >= 15 is 0 Å². The van der Waals surface area contributed by atoms with Gasteiger partial charge in [0, 0.05) is 127 Å². The SMILES string of the molecule is C=Cc1c(C)c2cc3nc(cc4nc(cc5[nH]c(cc1[nH]2)c(C)c5CCC(=O)OC)C(CCC(=O)OC)=C4C)C(C)=C3C1CCN=N1.C=Cc1c(C)c2cc3nc(cc4nc(cc5[nH]c(cc1[nH]2)c(C)c5CCC(=O)OC)C(CCC(=O)OC)=C4C)C(C)=C3CCC.C=Cc1c(C)c2cc3nc(cc4nc(cc5[nH]c(cc1[nH]2)c(C)c5CCC(=O)OC)C(CCC(=O)OC)=C4C)C(C)=C3CCCN=N.CC. The van der Waals surface area contributed by atoms with Gasteiger partial charge >= 0.3 is 35.8 Å². The van der Waals surface area contributed by atoms with Gasteiger partial charge in [-0.3, -0.25) is 28.8 Å². The first-order valence-electron chi connectivity index (χ1n) is 48.3. The molecule has 1 atom stereocenters. The Morgan fingerprint density at radius 1 is 0.333 bits per heavy atom. The van der Waals surface area contributed by atoms with Crippen LogP contribution in [-0.2, 0) is 76.5 Å². The van der Waals surface area contributed by atoms with Crippen LogP contribution in [0.15, 0.2) is 108 Å². The minimum Gasteiger partial charge on any atom is -0.469 e. The molecule has 0 saturated carbocycles. The third-order valence-corrected chi connectivity index (χ3v) is 27.8. The number of carbonyl (C=O) groups is 6. The van der Waals surface area contributed by atoms with Crippen LogP contribution in [0.1, 0.15) is 287 Å². The minimum atomic E-state index is -0.289. The lowest BCUT2D eigenvalue weighted by molar-refractivity contribution is -0.141. The number of azo groups is 1. The van der Waals surface area contributed by atoms with Crippen molar-refractivity contribution in [3.63, 3.8) is 0 Å². The normalized spacial score (nSPS) is 13.7. The van der Waals surface area contributed by atoms with E-state index in [9.17, 15) is 28.8 Å². The average molecular weight is 1900 g/mol. The molecule has 0 aromatic carbocycles. The quantitative estimate of drug-likeness (QED) is 0.0104. The van der Waals surface area contributed by atoms with Crippen molar-refractivity contribution in [2.24, 2.45) is 15.3 Å². The number of nitrogens with zero attached hydrogens (tertiary/aromatic N) is 9. The summed E-state index contributed by atoms with van der Waals surface area (Å²) in [6.45, 7) is 44.5. The van der Waals surface area contributed by atoms with Gasteiger partial charge in [-0.15, -0.1) is 0 Å². The molecule has 734 valence electrons. The largest absolute Gasteiger partial charge is 0.469 e. The predicted molar refractivity (Wildman–Crippen MR) is 565 cm³/mol. The number of methoxy groups -OCH3 is 6. The zero-order valence-corrected chi connectivity index (χ0v) is 85.2. The number of nitrogens with one attached hydrogen (secondary N) is 7. The van der Waals surface area contributed by atoms with Crippen molar-refractivity contribution in [2.45, 2.75) is 219 Å². The molecule has 0 amide bonds. The molecule has 28 nitrogen and oxygen atoms in total. The molecule has 7 N–H and O–H groups in total. The average Bonchev–Trinajstić information content (AvgIpc) is 1.62. The first kappa shape index (κ1) is 103. The Kier molecular flexibility index (Phi) is 33.6. The second-order valence-electron chi connectivity index (χ2n) is 35.8. The van der Waals surface area contributed by atoms with Gasteiger partial charge in [-0.1, -0.05) is 65.2 Å². The van der Waals surface area contributed by atoms with Crippen LogP contribution in [0, 0.1) is 47.1 Å². The maximum Gasteiger partial charge on any atom is 0.305 e. The van der Waals surface area contributed by atoms with Crippen molar-refractivity contribution in [1.82, 2.24) is 59.8 Å². The van der Waals surface area contributed by atoms with Crippen molar-refractivity contribution in [3.05, 3.63) is 228 Å². The molecule has 7 aliphatic heterocycles. The second-order valence-corrected chi connectivity index (χ2v) is 35.8. The molecule has 7 aliphatic rings. The number of hydrogen-bond acceptors (Lipinski definition) is 22. The number of esters is 6. The van der Waals surface area contributed by atoms with Gasteiger partial charge in [-0.2, -0.15) is 15.3 Å². The summed E-state index contributed by atoms with van der Waals surface area (Å²) in [7, 11) is 8.41. The molecule has 0 fully saturated rings. The van der Waals surface area contributed by atoms with Gasteiger partial charge in [-0.05, 0) is 331 Å². The molecular formula is C113H130N16O12. The van der Waals surface area contributed by atoms with Crippen molar-refractivity contribution >= 4 is 187 Å². The molecule has 9 aromatic heterocycles. The smallest absolute Gasteiger partial charge is 0.305 e. The highest BCUT2D eigenvalue weighted by Gasteiger charge is 2.31. The fourth-order valence-electron chi connectivity index (χ4n) is 19.4. The van der Waals surface area contributed by atoms with Gasteiger partial charge in [-0.25, -0.2) is 35.4 Å². The number of aromatic amines is 6. The second kappa shape index (κ2) is 45.8. The fraction of sp³-hybridized carbons (Fsp3) is 0.363. The van der Waals surface area contributed by atoms with E-state index in [0.717, 1.165) is 295 Å². The van der Waals surface area contributed by atoms with Crippen molar-refractivity contribution in [3.8, 4) is 0 Å². The lowest BCUT2D eigenvalue weighted by Gasteiger charge is -2.08. The highest BCUT2D eigenvalue weighted by molar-refractivity contribution is 6.02. The summed E-state index contributed by atoms with van der Waals surface area (Å²) >= 11 is 0. The summed E-state index contributed by atoms with van der Waals surface area (Å²) in [4.78, 5) is 126. The van der Waals surface area contributed by atoms with Crippen LogP contribution in [0.25, 0.3) is 151 Å². The van der Waals surface area contributed by atoms with Crippen LogP contribution in [0.2, 0.25) is 0 Å². The lowest BCUT2D eigenvalue weighted by atomic mass is 9.96. The summed E-state index contributed by atoms with van der Waals surface area (Å²) < 4.78 is 29.8. The lowest BCUT2D eigenvalue weighted by Crippen LogP contribution is -2.04. The molecule has 0 saturated heterocycles. The number of allylic oxidation sites excluding steroid dienone is 11. The third-order valence-electron chi connectivity index (χ3n) is 27.8. The highest BCUT2D eigenvalue weighted by atomic mass is 16.5. The third kappa shape index (κ3) is 22.2. The minimum absolute atomic E-state index is 0.0607. The number of fused-ring (bicyclic) bond motifs is 24. The van der Waals surface area contributed by atoms with Gasteiger partial charge in [0.1, 0.15) is 0 Å². The van der Waals surface area contributed by atoms with Gasteiger partial charge in [0.2, 0.25) is 0 Å². The summed E-state index contributed by atoms with van der Waals surface area (Å²) in [5.41, 5.74) is 52.9. The Bertz CT molecular complexity index is 7400. The number of aryl methyl sites for hydroxylation is 9. The zero-order chi connectivity index (χ0) is 102. The Morgan fingerprint density at radius 3 is 0.865 bits per heavy atom. The van der Waals surface area contributed by atoms with E-state index in [2.05, 4.69) is 170 Å². The van der Waals surface area contributed by atoms with E-state index in [0.29, 0.717) is 51.6 Å². The number of ether oxygens (including phenoxy) is 6. The number of rotatable bonds is 28. The van der Waals surface area contributed by atoms with Crippen LogP contribution in [0.3, 0.4) is 0 Å². The Morgan fingerprint density at radius 2 is 0.589 bits per heavy atom. The molecule has 9 aromatic rings. The number of H-pyrrole nitrogens is 6. The van der Waals surface area contributed by atoms with Crippen LogP contribution in [0.5, 0.6) is 0 Å². The van der Waals surface area contributed by atoms with Gasteiger partial charge < -0.3 is 58.3 Å². The summed E-state index contributed by atoms with van der Waals surface area (Å²) in [5, 5.41) is 12.4. The Hall–Kier alpha value is -15.0. The van der Waals surface area contributed by atoms with E-state index in [4.69, 9.17) is 63.9 Å². The summed E-state index contributed by atoms with van der Waals surface area (Å²) in [5.74, 6) is -1.66. The van der Waals surface area contributed by atoms with Crippen LogP contribution in [-0.4, -0.2) is 157 Å². The molecule has 28 heteroatoms. The number of hydrogen-bond donors (Lipinski definition) is 7. The van der Waals surface area contributed by atoms with Gasteiger partial charge in [0.05, 0.1) is 130 Å². The number of aromatic nitrogens is 12. The molecule has 16 heterocycles. The Labute approximate surface area is 822 Å². The molecule has 0 aliphatic carbocycles. The molecule has 1 unspecified atom stereocenters. The number of carbonyl (C=O) groups excluding carboxylic acids is 6. The van der Waals surface area contributed by atoms with Crippen LogP contribution in [0.4, 0.5) is 0 Å². The highest BCUT2D eigenvalue weighted by Crippen LogP contribution is 2.45. The predicted octanol–water partition coefficient (Wildman–Crippen LogP) is 25.3. The fourth-order valence-corrected chi connectivity index (χ4v) is 19.4. The molecule has 0 radical (unpaired) electrons. The van der Waals surface area contributed by atoms with Crippen LogP contribution < -0.4 is 0 Å². The van der Waals surface area contributed by atoms with Crippen molar-refractivity contribution < 1.29 is 57.2 Å². The Balaban J connectivity index is 0.000000176. The summed E-state index contributed by atoms with van der Waals surface area (Å²) in [6.07, 6.45) is 14.2. The summed E-state index contributed by atoms with van der Waals surface area (Å²) in [6, 6.07) is 24.7. The molecule has 24 bridgehead atoms. The van der Waals surface area contributed by atoms with E-state index in [1.54, 1.807) is 0 Å². The maximum absolute atomic E-state index is 12.2. The van der Waals surface area contributed by atoms with E-state index in [1.807, 2.05) is 90.1 Å². The van der Waals surface area contributed by atoms with E-state index in [1.165, 1.54) is 48.2 Å². The first-order valence-corrected chi connectivity index (χ1v) is 48.3. The van der Waals surface area contributed by atoms with Crippen LogP contribution >= 0.6 is 0 Å². The van der Waals surface area contributed by atoms with Gasteiger partial charge in [0.15, 0.2) is 0 Å². The molecule has 141 heavy (non-hydrogen) atoms. The zero-order valence-electron chi connectivity index (χ0n) is 85.2. The van der Waals surface area contributed by atoms with Crippen molar-refractivity contribution in [1.29, 1.82) is 5.53 Å². The molecule has 16 rings (SSSR count). The first-order chi connectivity index (χ1) is 67.8.